The van der Waals surface area contributed by atoms with Crippen molar-refractivity contribution in [2.24, 2.45) is 5.92 Å². The first-order chi connectivity index (χ1) is 12.2. The van der Waals surface area contributed by atoms with Gasteiger partial charge < -0.3 is 14.4 Å². The van der Waals surface area contributed by atoms with Crippen molar-refractivity contribution in [3.05, 3.63) is 54.1 Å². The van der Waals surface area contributed by atoms with Gasteiger partial charge in [-0.05, 0) is 49.1 Å². The number of amides is 1. The van der Waals surface area contributed by atoms with Crippen molar-refractivity contribution in [3.63, 3.8) is 0 Å². The third-order valence-electron chi connectivity index (χ3n) is 4.56. The monoisotopic (exact) mass is 342 g/mol. The minimum Gasteiger partial charge on any atom is -0.457 e. The predicted octanol–water partition coefficient (Wildman–Crippen LogP) is 3.32. The molecule has 1 aromatic heterocycles. The van der Waals surface area contributed by atoms with E-state index < -0.39 is 0 Å². The van der Waals surface area contributed by atoms with E-state index in [4.69, 9.17) is 9.47 Å². The van der Waals surface area contributed by atoms with Crippen LogP contribution in [0.4, 0.5) is 4.39 Å². The predicted molar refractivity (Wildman–Crippen MR) is 88.7 cm³/mol. The quantitative estimate of drug-likeness (QED) is 0.836. The van der Waals surface area contributed by atoms with Crippen LogP contribution in [-0.4, -0.2) is 35.5 Å². The number of aromatic nitrogens is 1. The molecule has 0 radical (unpaired) electrons. The molecule has 4 rings (SSSR count). The Balaban J connectivity index is 1.62. The van der Waals surface area contributed by atoms with Crippen LogP contribution in [-0.2, 0) is 9.53 Å². The summed E-state index contributed by atoms with van der Waals surface area (Å²) in [5.74, 6) is 1.41. The van der Waals surface area contributed by atoms with Crippen molar-refractivity contribution in [1.82, 2.24) is 9.88 Å². The molecule has 2 aromatic rings. The van der Waals surface area contributed by atoms with Gasteiger partial charge in [0.2, 0.25) is 5.91 Å². The van der Waals surface area contributed by atoms with Gasteiger partial charge in [-0.1, -0.05) is 0 Å². The molecule has 1 unspecified atom stereocenters. The van der Waals surface area contributed by atoms with Crippen molar-refractivity contribution >= 4 is 5.91 Å². The fourth-order valence-electron chi connectivity index (χ4n) is 3.04. The van der Waals surface area contributed by atoms with Gasteiger partial charge in [-0.25, -0.2) is 4.39 Å². The van der Waals surface area contributed by atoms with E-state index in [-0.39, 0.29) is 24.4 Å². The maximum absolute atomic E-state index is 13.1. The van der Waals surface area contributed by atoms with Crippen LogP contribution < -0.4 is 4.74 Å². The lowest BCUT2D eigenvalue weighted by molar-refractivity contribution is -0.148. The number of pyridine rings is 1. The number of benzene rings is 1. The standard InChI is InChI=1S/C19H19FN2O3/c20-14-3-5-15(6-4-14)25-18-7-8-21-9-16(18)17-11-24-12-19(23)22(17)10-13-1-2-13/h3-9,13,17H,1-2,10-12H2. The summed E-state index contributed by atoms with van der Waals surface area (Å²) in [5.41, 5.74) is 0.806. The normalized spacial score (nSPS) is 20.6. The molecule has 2 aliphatic rings. The van der Waals surface area contributed by atoms with Crippen LogP contribution in [0.5, 0.6) is 11.5 Å². The molecule has 1 aromatic carbocycles. The molecule has 0 spiro atoms. The number of nitrogens with zero attached hydrogens (tertiary/aromatic N) is 2. The summed E-state index contributed by atoms with van der Waals surface area (Å²) >= 11 is 0. The lowest BCUT2D eigenvalue weighted by Gasteiger charge is -2.36. The zero-order valence-corrected chi connectivity index (χ0v) is 13.7. The third-order valence-corrected chi connectivity index (χ3v) is 4.56. The summed E-state index contributed by atoms with van der Waals surface area (Å²) < 4.78 is 24.5. The number of carbonyl (C=O) groups excluding carboxylic acids is 1. The average molecular weight is 342 g/mol. The van der Waals surface area contributed by atoms with Gasteiger partial charge in [-0.2, -0.15) is 0 Å². The molecule has 130 valence electrons. The SMILES string of the molecule is O=C1COCC(c2cnccc2Oc2ccc(F)cc2)N1CC1CC1. The highest BCUT2D eigenvalue weighted by Gasteiger charge is 2.36. The number of morpholine rings is 1. The van der Waals surface area contributed by atoms with Crippen molar-refractivity contribution in [2.45, 2.75) is 18.9 Å². The van der Waals surface area contributed by atoms with Crippen LogP contribution in [0.25, 0.3) is 0 Å². The molecule has 1 aliphatic heterocycles. The second kappa shape index (κ2) is 6.80. The lowest BCUT2D eigenvalue weighted by Crippen LogP contribution is -2.45. The van der Waals surface area contributed by atoms with Gasteiger partial charge in [-0.3, -0.25) is 9.78 Å². The second-order valence-electron chi connectivity index (χ2n) is 6.49. The van der Waals surface area contributed by atoms with Crippen LogP contribution in [0, 0.1) is 11.7 Å². The van der Waals surface area contributed by atoms with Crippen LogP contribution >= 0.6 is 0 Å². The molecule has 1 saturated carbocycles. The first-order valence-corrected chi connectivity index (χ1v) is 8.45. The molecule has 2 fully saturated rings. The Morgan fingerprint density at radius 2 is 2.04 bits per heavy atom. The van der Waals surface area contributed by atoms with Gasteiger partial charge in [0.15, 0.2) is 0 Å². The van der Waals surface area contributed by atoms with E-state index in [1.807, 2.05) is 4.90 Å². The molecule has 1 atom stereocenters. The smallest absolute Gasteiger partial charge is 0.249 e. The van der Waals surface area contributed by atoms with Crippen LogP contribution in [0.15, 0.2) is 42.7 Å². The molecular formula is C19H19FN2O3. The van der Waals surface area contributed by atoms with E-state index in [9.17, 15) is 9.18 Å². The van der Waals surface area contributed by atoms with Crippen LogP contribution in [0.1, 0.15) is 24.4 Å². The van der Waals surface area contributed by atoms with E-state index in [2.05, 4.69) is 4.98 Å². The van der Waals surface area contributed by atoms with Crippen molar-refractivity contribution in [1.29, 1.82) is 0 Å². The fraction of sp³-hybridized carbons (Fsp3) is 0.368. The average Bonchev–Trinajstić information content (AvgIpc) is 3.44. The fourth-order valence-corrected chi connectivity index (χ4v) is 3.04. The van der Waals surface area contributed by atoms with E-state index in [1.54, 1.807) is 30.6 Å². The van der Waals surface area contributed by atoms with Gasteiger partial charge in [0.25, 0.3) is 0 Å². The first kappa shape index (κ1) is 16.0. The first-order valence-electron chi connectivity index (χ1n) is 8.45. The molecule has 1 aliphatic carbocycles. The molecule has 5 nitrogen and oxygen atoms in total. The number of hydrogen-bond donors (Lipinski definition) is 0. The van der Waals surface area contributed by atoms with E-state index in [0.717, 1.165) is 12.1 Å². The zero-order valence-electron chi connectivity index (χ0n) is 13.7. The molecular weight excluding hydrogens is 323 g/mol. The highest BCUT2D eigenvalue weighted by molar-refractivity contribution is 5.78. The summed E-state index contributed by atoms with van der Waals surface area (Å²) in [7, 11) is 0. The largest absolute Gasteiger partial charge is 0.457 e. The molecule has 1 amide bonds. The number of halogens is 1. The third kappa shape index (κ3) is 3.64. The Kier molecular flexibility index (Phi) is 4.36. The number of hydrogen-bond acceptors (Lipinski definition) is 4. The summed E-state index contributed by atoms with van der Waals surface area (Å²) in [4.78, 5) is 18.4. The Morgan fingerprint density at radius 1 is 1.24 bits per heavy atom. The lowest BCUT2D eigenvalue weighted by atomic mass is 10.1. The summed E-state index contributed by atoms with van der Waals surface area (Å²) in [5, 5.41) is 0. The van der Waals surface area contributed by atoms with Crippen molar-refractivity contribution < 1.29 is 18.7 Å². The minimum atomic E-state index is -0.316. The van der Waals surface area contributed by atoms with E-state index >= 15 is 0 Å². The van der Waals surface area contributed by atoms with E-state index in [1.165, 1.54) is 25.0 Å². The van der Waals surface area contributed by atoms with Gasteiger partial charge in [0, 0.05) is 24.5 Å². The van der Waals surface area contributed by atoms with E-state index in [0.29, 0.717) is 24.0 Å². The molecule has 2 heterocycles. The molecule has 0 bridgehead atoms. The Morgan fingerprint density at radius 3 is 2.80 bits per heavy atom. The van der Waals surface area contributed by atoms with Gasteiger partial charge in [0.05, 0.1) is 12.6 Å². The number of ether oxygens (including phenoxy) is 2. The summed E-state index contributed by atoms with van der Waals surface area (Å²) in [6.07, 6.45) is 5.69. The molecule has 1 saturated heterocycles. The van der Waals surface area contributed by atoms with Gasteiger partial charge >= 0.3 is 0 Å². The highest BCUT2D eigenvalue weighted by Crippen LogP contribution is 2.37. The second-order valence-corrected chi connectivity index (χ2v) is 6.49. The van der Waals surface area contributed by atoms with Crippen molar-refractivity contribution in [3.8, 4) is 11.5 Å². The molecule has 0 N–H and O–H groups in total. The molecule has 6 heteroatoms. The molecule has 25 heavy (non-hydrogen) atoms. The topological polar surface area (TPSA) is 51.7 Å². The Bertz CT molecular complexity index is 762. The number of rotatable bonds is 5. The van der Waals surface area contributed by atoms with Gasteiger partial charge in [0.1, 0.15) is 23.9 Å². The number of carbonyl (C=O) groups is 1. The highest BCUT2D eigenvalue weighted by atomic mass is 19.1. The minimum absolute atomic E-state index is 0.000245. The van der Waals surface area contributed by atoms with Crippen molar-refractivity contribution in [2.75, 3.05) is 19.8 Å². The summed E-state index contributed by atoms with van der Waals surface area (Å²) in [6.45, 7) is 1.29. The van der Waals surface area contributed by atoms with Crippen LogP contribution in [0.3, 0.4) is 0 Å². The van der Waals surface area contributed by atoms with Gasteiger partial charge in [-0.15, -0.1) is 0 Å². The maximum Gasteiger partial charge on any atom is 0.249 e. The zero-order chi connectivity index (χ0) is 17.2. The maximum atomic E-state index is 13.1. The Hall–Kier alpha value is -2.47. The van der Waals surface area contributed by atoms with Crippen LogP contribution in [0.2, 0.25) is 0 Å². The Labute approximate surface area is 145 Å². The summed E-state index contributed by atoms with van der Waals surface area (Å²) in [6, 6.07) is 7.39.